The number of hydrogen-bond donors (Lipinski definition) is 1. The van der Waals surface area contributed by atoms with Gasteiger partial charge in [-0.3, -0.25) is 9.59 Å². The minimum atomic E-state index is -0.849. The zero-order valence-electron chi connectivity index (χ0n) is 10.5. The first-order valence-electron chi connectivity index (χ1n) is 5.78. The summed E-state index contributed by atoms with van der Waals surface area (Å²) in [5, 5.41) is 9.13. The summed E-state index contributed by atoms with van der Waals surface area (Å²) in [7, 11) is 0. The Bertz CT molecular complexity index is 293. The number of carbonyl (C=O) groups excluding carboxylic acids is 1. The highest BCUT2D eigenvalue weighted by Crippen LogP contribution is 2.34. The van der Waals surface area contributed by atoms with Crippen LogP contribution in [0.2, 0.25) is 0 Å². The molecule has 1 N–H and O–H groups in total. The average Bonchev–Trinajstić information content (AvgIpc) is 2.39. The fourth-order valence-electron chi connectivity index (χ4n) is 2.39. The zero-order chi connectivity index (χ0) is 12.5. The zero-order valence-corrected chi connectivity index (χ0v) is 10.5. The Kier molecular flexibility index (Phi) is 3.61. The predicted octanol–water partition coefficient (Wildman–Crippen LogP) is 1.74. The molecular weight excluding hydrogens is 206 g/mol. The van der Waals surface area contributed by atoms with Gasteiger partial charge in [0.1, 0.15) is 0 Å². The lowest BCUT2D eigenvalue weighted by Crippen LogP contribution is -2.39. The maximum atomic E-state index is 11.7. The number of carbonyl (C=O) groups is 2. The number of carboxylic acids is 1. The molecule has 1 saturated heterocycles. The molecule has 0 saturated carbocycles. The predicted molar refractivity (Wildman–Crippen MR) is 61.0 cm³/mol. The quantitative estimate of drug-likeness (QED) is 0.799. The molecule has 1 amide bonds. The third-order valence-corrected chi connectivity index (χ3v) is 3.06. The molecule has 0 spiro atoms. The van der Waals surface area contributed by atoms with Crippen molar-refractivity contribution in [3.8, 4) is 0 Å². The Labute approximate surface area is 96.6 Å². The fourth-order valence-corrected chi connectivity index (χ4v) is 2.39. The smallest absolute Gasteiger partial charge is 0.309 e. The van der Waals surface area contributed by atoms with Gasteiger partial charge in [-0.25, -0.2) is 0 Å². The third kappa shape index (κ3) is 2.74. The minimum absolute atomic E-state index is 0.0239. The average molecular weight is 227 g/mol. The van der Waals surface area contributed by atoms with Crippen LogP contribution in [-0.2, 0) is 9.59 Å². The van der Waals surface area contributed by atoms with E-state index in [2.05, 4.69) is 20.8 Å². The molecule has 0 aromatic carbocycles. The topological polar surface area (TPSA) is 57.6 Å². The van der Waals surface area contributed by atoms with Gasteiger partial charge in [0.25, 0.3) is 0 Å². The number of amides is 1. The molecule has 1 aliphatic rings. The summed E-state index contributed by atoms with van der Waals surface area (Å²) in [6, 6.07) is -0.144. The number of rotatable bonds is 3. The van der Waals surface area contributed by atoms with Gasteiger partial charge in [-0.1, -0.05) is 20.8 Å². The first kappa shape index (κ1) is 13.0. The Morgan fingerprint density at radius 1 is 1.50 bits per heavy atom. The highest BCUT2D eigenvalue weighted by Gasteiger charge is 2.44. The molecule has 1 aliphatic heterocycles. The van der Waals surface area contributed by atoms with Crippen molar-refractivity contribution in [2.75, 3.05) is 6.54 Å². The van der Waals surface area contributed by atoms with Crippen LogP contribution in [0.5, 0.6) is 0 Å². The van der Waals surface area contributed by atoms with E-state index in [-0.39, 0.29) is 23.8 Å². The van der Waals surface area contributed by atoms with Crippen molar-refractivity contribution < 1.29 is 14.7 Å². The third-order valence-electron chi connectivity index (χ3n) is 3.06. The largest absolute Gasteiger partial charge is 0.481 e. The van der Waals surface area contributed by atoms with Crippen molar-refractivity contribution >= 4 is 11.9 Å². The number of hydrogen-bond acceptors (Lipinski definition) is 2. The van der Waals surface area contributed by atoms with Crippen molar-refractivity contribution in [3.05, 3.63) is 0 Å². The van der Waals surface area contributed by atoms with Gasteiger partial charge < -0.3 is 10.0 Å². The molecule has 0 radical (unpaired) electrons. The van der Waals surface area contributed by atoms with Crippen LogP contribution in [0.25, 0.3) is 0 Å². The number of likely N-dealkylation sites (tertiary alicyclic amines) is 1. The Morgan fingerprint density at radius 2 is 2.06 bits per heavy atom. The Balaban J connectivity index is 2.88. The molecular formula is C12H21NO3. The molecule has 0 unspecified atom stereocenters. The van der Waals surface area contributed by atoms with Crippen LogP contribution in [-0.4, -0.2) is 34.5 Å². The Hall–Kier alpha value is -1.06. The second kappa shape index (κ2) is 4.44. The van der Waals surface area contributed by atoms with Crippen LogP contribution < -0.4 is 0 Å². The van der Waals surface area contributed by atoms with Crippen LogP contribution in [0, 0.1) is 11.3 Å². The van der Waals surface area contributed by atoms with E-state index in [0.717, 1.165) is 6.42 Å². The summed E-state index contributed by atoms with van der Waals surface area (Å²) in [4.78, 5) is 24.5. The Morgan fingerprint density at radius 3 is 2.44 bits per heavy atom. The van der Waals surface area contributed by atoms with Crippen molar-refractivity contribution in [1.29, 1.82) is 0 Å². The van der Waals surface area contributed by atoms with Gasteiger partial charge in [0.15, 0.2) is 0 Å². The molecule has 92 valence electrons. The fraction of sp³-hybridized carbons (Fsp3) is 0.833. The van der Waals surface area contributed by atoms with Crippen molar-refractivity contribution in [1.82, 2.24) is 4.90 Å². The molecule has 0 aromatic heterocycles. The SMILES string of the molecule is CCN1C(=O)C[C@H](C(=O)O)[C@H]1CC(C)(C)C. The molecule has 0 bridgehead atoms. The second-order valence-electron chi connectivity index (χ2n) is 5.66. The summed E-state index contributed by atoms with van der Waals surface area (Å²) >= 11 is 0. The van der Waals surface area contributed by atoms with E-state index < -0.39 is 11.9 Å². The van der Waals surface area contributed by atoms with E-state index >= 15 is 0 Å². The number of carboxylic acid groups (broad SMARTS) is 1. The van der Waals surface area contributed by atoms with Gasteiger partial charge >= 0.3 is 5.97 Å². The second-order valence-corrected chi connectivity index (χ2v) is 5.66. The van der Waals surface area contributed by atoms with Crippen molar-refractivity contribution in [3.63, 3.8) is 0 Å². The van der Waals surface area contributed by atoms with E-state index in [1.165, 1.54) is 0 Å². The molecule has 0 aliphatic carbocycles. The highest BCUT2D eigenvalue weighted by molar-refractivity contribution is 5.87. The van der Waals surface area contributed by atoms with Gasteiger partial charge in [-0.05, 0) is 18.8 Å². The van der Waals surface area contributed by atoms with E-state index in [0.29, 0.717) is 6.54 Å². The van der Waals surface area contributed by atoms with Crippen LogP contribution >= 0.6 is 0 Å². The molecule has 0 aromatic rings. The van der Waals surface area contributed by atoms with Gasteiger partial charge in [0, 0.05) is 19.0 Å². The van der Waals surface area contributed by atoms with Gasteiger partial charge in [-0.15, -0.1) is 0 Å². The minimum Gasteiger partial charge on any atom is -0.481 e. The van der Waals surface area contributed by atoms with E-state index in [1.54, 1.807) is 4.90 Å². The highest BCUT2D eigenvalue weighted by atomic mass is 16.4. The van der Waals surface area contributed by atoms with Gasteiger partial charge in [0.2, 0.25) is 5.91 Å². The molecule has 4 nitrogen and oxygen atoms in total. The lowest BCUT2D eigenvalue weighted by molar-refractivity contribution is -0.142. The van der Waals surface area contributed by atoms with Crippen LogP contribution in [0.4, 0.5) is 0 Å². The standard InChI is InChI=1S/C12H21NO3/c1-5-13-9(7-12(2,3)4)8(11(15)16)6-10(13)14/h8-9H,5-7H2,1-4H3,(H,15,16)/t8-,9+/m0/s1. The summed E-state index contributed by atoms with van der Waals surface area (Å²) in [5.74, 6) is -1.41. The normalized spacial score (nSPS) is 26.2. The summed E-state index contributed by atoms with van der Waals surface area (Å²) < 4.78 is 0. The number of nitrogens with zero attached hydrogens (tertiary/aromatic N) is 1. The molecule has 1 heterocycles. The lowest BCUT2D eigenvalue weighted by atomic mass is 9.83. The molecule has 1 fully saturated rings. The van der Waals surface area contributed by atoms with Crippen molar-refractivity contribution in [2.24, 2.45) is 11.3 Å². The summed E-state index contributed by atoms with van der Waals surface area (Å²) in [5.41, 5.74) is 0.0381. The van der Waals surface area contributed by atoms with E-state index in [9.17, 15) is 9.59 Å². The van der Waals surface area contributed by atoms with Gasteiger partial charge in [-0.2, -0.15) is 0 Å². The van der Waals surface area contributed by atoms with Gasteiger partial charge in [0.05, 0.1) is 5.92 Å². The maximum absolute atomic E-state index is 11.7. The van der Waals surface area contributed by atoms with E-state index in [4.69, 9.17) is 5.11 Å². The molecule has 4 heteroatoms. The summed E-state index contributed by atoms with van der Waals surface area (Å²) in [6.45, 7) is 8.72. The first-order valence-corrected chi connectivity index (χ1v) is 5.78. The molecule has 1 rings (SSSR count). The van der Waals surface area contributed by atoms with Crippen LogP contribution in [0.3, 0.4) is 0 Å². The maximum Gasteiger partial charge on any atom is 0.309 e. The van der Waals surface area contributed by atoms with E-state index in [1.807, 2.05) is 6.92 Å². The lowest BCUT2D eigenvalue weighted by Gasteiger charge is -2.31. The summed E-state index contributed by atoms with van der Waals surface area (Å²) in [6.07, 6.45) is 0.896. The van der Waals surface area contributed by atoms with Crippen LogP contribution in [0.15, 0.2) is 0 Å². The molecule has 2 atom stereocenters. The first-order chi connectivity index (χ1) is 7.26. The number of aliphatic carboxylic acids is 1. The monoisotopic (exact) mass is 227 g/mol. The van der Waals surface area contributed by atoms with Crippen molar-refractivity contribution in [2.45, 2.75) is 46.6 Å². The van der Waals surface area contributed by atoms with Crippen LogP contribution in [0.1, 0.15) is 40.5 Å². The molecule has 16 heavy (non-hydrogen) atoms.